The highest BCUT2D eigenvalue weighted by atomic mass is 16.3. The van der Waals surface area contributed by atoms with E-state index in [1.54, 1.807) is 6.07 Å². The summed E-state index contributed by atoms with van der Waals surface area (Å²) in [6, 6.07) is 9.86. The fourth-order valence-electron chi connectivity index (χ4n) is 2.75. The van der Waals surface area contributed by atoms with E-state index >= 15 is 0 Å². The molecule has 0 fully saturated rings. The van der Waals surface area contributed by atoms with Crippen LogP contribution in [-0.2, 0) is 13.1 Å². The molecule has 0 aliphatic heterocycles. The van der Waals surface area contributed by atoms with Crippen molar-refractivity contribution < 1.29 is 9.90 Å². The van der Waals surface area contributed by atoms with Crippen molar-refractivity contribution in [3.05, 3.63) is 53.3 Å². The normalized spacial score (nSPS) is 10.9. The number of benzene rings is 1. The maximum Gasteiger partial charge on any atom is 0.251 e. The van der Waals surface area contributed by atoms with Gasteiger partial charge in [0.15, 0.2) is 0 Å². The van der Waals surface area contributed by atoms with Gasteiger partial charge in [-0.2, -0.15) is 0 Å². The van der Waals surface area contributed by atoms with E-state index in [0.717, 1.165) is 24.2 Å². The predicted molar refractivity (Wildman–Crippen MR) is 102 cm³/mol. The van der Waals surface area contributed by atoms with Gasteiger partial charge in [0.1, 0.15) is 0 Å². The second kappa shape index (κ2) is 9.28. The molecule has 0 aliphatic carbocycles. The molecule has 0 bridgehead atoms. The van der Waals surface area contributed by atoms with Crippen molar-refractivity contribution in [2.45, 2.75) is 40.3 Å². The van der Waals surface area contributed by atoms with Crippen LogP contribution in [0.4, 0.5) is 5.69 Å². The lowest BCUT2D eigenvalue weighted by Gasteiger charge is -2.15. The van der Waals surface area contributed by atoms with Crippen LogP contribution in [-0.4, -0.2) is 28.7 Å². The van der Waals surface area contributed by atoms with Crippen molar-refractivity contribution in [2.24, 2.45) is 5.92 Å². The fourth-order valence-corrected chi connectivity index (χ4v) is 2.75. The summed E-state index contributed by atoms with van der Waals surface area (Å²) in [5, 5.41) is 15.0. The Morgan fingerprint density at radius 3 is 2.76 bits per heavy atom. The van der Waals surface area contributed by atoms with Crippen molar-refractivity contribution >= 4 is 11.6 Å². The van der Waals surface area contributed by atoms with Gasteiger partial charge in [0.25, 0.3) is 5.91 Å². The maximum absolute atomic E-state index is 12.2. The minimum atomic E-state index is -0.157. The van der Waals surface area contributed by atoms with E-state index < -0.39 is 0 Å². The molecule has 5 heteroatoms. The predicted octanol–water partition coefficient (Wildman–Crippen LogP) is 3.18. The number of aliphatic hydroxyl groups is 1. The number of aryl methyl sites for hydroxylation is 1. The largest absolute Gasteiger partial charge is 0.395 e. The molecule has 1 aromatic heterocycles. The number of anilines is 1. The Kier molecular flexibility index (Phi) is 7.07. The number of aromatic nitrogens is 1. The first-order chi connectivity index (χ1) is 12.0. The zero-order valence-corrected chi connectivity index (χ0v) is 15.4. The molecule has 0 saturated heterocycles. The molecule has 3 N–H and O–H groups in total. The van der Waals surface area contributed by atoms with Crippen LogP contribution >= 0.6 is 0 Å². The number of rotatable bonds is 9. The standard InChI is InChI=1S/C20H29N3O2/c1-15(2)9-12-23-11-5-6-17(23)14-22-19-8-4-7-18(16(19)3)20(25)21-10-13-24/h4-8,11,15,22,24H,9-10,12-14H2,1-3H3,(H,21,25). The van der Waals surface area contributed by atoms with Crippen molar-refractivity contribution in [3.8, 4) is 0 Å². The molecule has 1 amide bonds. The fraction of sp³-hybridized carbons (Fsp3) is 0.450. The Labute approximate surface area is 150 Å². The van der Waals surface area contributed by atoms with E-state index in [9.17, 15) is 4.79 Å². The third-order valence-corrected chi connectivity index (χ3v) is 4.31. The van der Waals surface area contributed by atoms with Gasteiger partial charge >= 0.3 is 0 Å². The van der Waals surface area contributed by atoms with E-state index in [-0.39, 0.29) is 19.1 Å². The Morgan fingerprint density at radius 2 is 2.04 bits per heavy atom. The third kappa shape index (κ3) is 5.36. The minimum absolute atomic E-state index is 0.0594. The highest BCUT2D eigenvalue weighted by Crippen LogP contribution is 2.20. The quantitative estimate of drug-likeness (QED) is 0.655. The molecular formula is C20H29N3O2. The highest BCUT2D eigenvalue weighted by molar-refractivity contribution is 5.97. The lowest BCUT2D eigenvalue weighted by atomic mass is 10.1. The van der Waals surface area contributed by atoms with Crippen LogP contribution in [0.3, 0.4) is 0 Å². The van der Waals surface area contributed by atoms with Gasteiger partial charge in [-0.3, -0.25) is 4.79 Å². The molecule has 0 atom stereocenters. The van der Waals surface area contributed by atoms with E-state index in [1.165, 1.54) is 5.69 Å². The number of hydrogen-bond acceptors (Lipinski definition) is 3. The van der Waals surface area contributed by atoms with Crippen LogP contribution in [0.25, 0.3) is 0 Å². The molecule has 0 radical (unpaired) electrons. The molecule has 2 aromatic rings. The lowest BCUT2D eigenvalue weighted by molar-refractivity contribution is 0.0944. The first kappa shape index (κ1) is 19.1. The average Bonchev–Trinajstić information content (AvgIpc) is 3.04. The average molecular weight is 343 g/mol. The first-order valence-corrected chi connectivity index (χ1v) is 8.89. The van der Waals surface area contributed by atoms with Crippen LogP contribution in [0, 0.1) is 12.8 Å². The van der Waals surface area contributed by atoms with E-state index in [1.807, 2.05) is 19.1 Å². The molecule has 0 aliphatic rings. The molecule has 25 heavy (non-hydrogen) atoms. The zero-order valence-electron chi connectivity index (χ0n) is 15.4. The van der Waals surface area contributed by atoms with Gasteiger partial charge in [0.2, 0.25) is 0 Å². The Hall–Kier alpha value is -2.27. The third-order valence-electron chi connectivity index (χ3n) is 4.31. The zero-order chi connectivity index (χ0) is 18.2. The molecule has 0 saturated carbocycles. The molecule has 0 spiro atoms. The van der Waals surface area contributed by atoms with Crippen molar-refractivity contribution in [1.82, 2.24) is 9.88 Å². The van der Waals surface area contributed by atoms with Crippen LogP contribution in [0.2, 0.25) is 0 Å². The SMILES string of the molecule is Cc1c(NCc2cccn2CCC(C)C)cccc1C(=O)NCCO. The highest BCUT2D eigenvalue weighted by Gasteiger charge is 2.11. The van der Waals surface area contributed by atoms with Gasteiger partial charge in [-0.1, -0.05) is 19.9 Å². The summed E-state index contributed by atoms with van der Waals surface area (Å²) < 4.78 is 2.28. The van der Waals surface area contributed by atoms with E-state index in [2.05, 4.69) is 47.4 Å². The second-order valence-corrected chi connectivity index (χ2v) is 6.69. The van der Waals surface area contributed by atoms with Gasteiger partial charge in [-0.25, -0.2) is 0 Å². The molecule has 1 aromatic carbocycles. The number of carbonyl (C=O) groups is 1. The summed E-state index contributed by atoms with van der Waals surface area (Å²) in [6.07, 6.45) is 3.27. The molecule has 1 heterocycles. The minimum Gasteiger partial charge on any atom is -0.395 e. The van der Waals surface area contributed by atoms with Crippen molar-refractivity contribution in [1.29, 1.82) is 0 Å². The Bertz CT molecular complexity index is 692. The maximum atomic E-state index is 12.2. The van der Waals surface area contributed by atoms with Crippen LogP contribution in [0.5, 0.6) is 0 Å². The van der Waals surface area contributed by atoms with Gasteiger partial charge in [0.05, 0.1) is 13.2 Å². The molecule has 136 valence electrons. The van der Waals surface area contributed by atoms with E-state index in [4.69, 9.17) is 5.11 Å². The molecule has 5 nitrogen and oxygen atoms in total. The summed E-state index contributed by atoms with van der Waals surface area (Å²) in [6.45, 7) is 8.34. The summed E-state index contributed by atoms with van der Waals surface area (Å²) in [5.74, 6) is 0.523. The van der Waals surface area contributed by atoms with Gasteiger partial charge in [-0.15, -0.1) is 0 Å². The van der Waals surface area contributed by atoms with E-state index in [0.29, 0.717) is 18.0 Å². The lowest BCUT2D eigenvalue weighted by Crippen LogP contribution is -2.27. The summed E-state index contributed by atoms with van der Waals surface area (Å²) in [4.78, 5) is 12.2. The summed E-state index contributed by atoms with van der Waals surface area (Å²) in [7, 11) is 0. The Balaban J connectivity index is 2.04. The van der Waals surface area contributed by atoms with Gasteiger partial charge < -0.3 is 20.3 Å². The molecule has 0 unspecified atom stereocenters. The second-order valence-electron chi connectivity index (χ2n) is 6.69. The number of aliphatic hydroxyl groups excluding tert-OH is 1. The summed E-state index contributed by atoms with van der Waals surface area (Å²) in [5.41, 5.74) is 3.73. The monoisotopic (exact) mass is 343 g/mol. The van der Waals surface area contributed by atoms with Crippen LogP contribution in [0.15, 0.2) is 36.5 Å². The number of nitrogens with one attached hydrogen (secondary N) is 2. The smallest absolute Gasteiger partial charge is 0.251 e. The number of nitrogens with zero attached hydrogens (tertiary/aromatic N) is 1. The number of hydrogen-bond donors (Lipinski definition) is 3. The van der Waals surface area contributed by atoms with Crippen LogP contribution in [0.1, 0.15) is 41.9 Å². The van der Waals surface area contributed by atoms with Crippen LogP contribution < -0.4 is 10.6 Å². The topological polar surface area (TPSA) is 66.3 Å². The van der Waals surface area contributed by atoms with Gasteiger partial charge in [-0.05, 0) is 49.1 Å². The number of amides is 1. The Morgan fingerprint density at radius 1 is 1.24 bits per heavy atom. The van der Waals surface area contributed by atoms with Crippen molar-refractivity contribution in [3.63, 3.8) is 0 Å². The summed E-state index contributed by atoms with van der Waals surface area (Å²) >= 11 is 0. The first-order valence-electron chi connectivity index (χ1n) is 8.89. The van der Waals surface area contributed by atoms with Crippen molar-refractivity contribution in [2.75, 3.05) is 18.5 Å². The van der Waals surface area contributed by atoms with Gasteiger partial charge in [0, 0.05) is 36.2 Å². The molecule has 2 rings (SSSR count). The number of carbonyl (C=O) groups excluding carboxylic acids is 1. The molecular weight excluding hydrogens is 314 g/mol.